The zero-order valence-corrected chi connectivity index (χ0v) is 11.2. The average Bonchev–Trinajstić information content (AvgIpc) is 2.85. The minimum Gasteiger partial charge on any atom is -0.381 e. The second-order valence-corrected chi connectivity index (χ2v) is 4.88. The Balaban J connectivity index is 2.39. The van der Waals surface area contributed by atoms with E-state index in [0.717, 1.165) is 39.1 Å². The van der Waals surface area contributed by atoms with Gasteiger partial charge in [-0.2, -0.15) is 0 Å². The predicted octanol–water partition coefficient (Wildman–Crippen LogP) is 1.25. The molecule has 1 fully saturated rings. The molecule has 2 atom stereocenters. The lowest BCUT2D eigenvalue weighted by Gasteiger charge is -2.25. The van der Waals surface area contributed by atoms with Gasteiger partial charge < -0.3 is 15.4 Å². The van der Waals surface area contributed by atoms with Gasteiger partial charge in [0, 0.05) is 32.0 Å². The van der Waals surface area contributed by atoms with Crippen LogP contribution in [0.2, 0.25) is 0 Å². The summed E-state index contributed by atoms with van der Waals surface area (Å²) in [5.41, 5.74) is 5.65. The second-order valence-electron chi connectivity index (χ2n) is 4.88. The van der Waals surface area contributed by atoms with Crippen LogP contribution in [0.15, 0.2) is 0 Å². The number of rotatable bonds is 7. The summed E-state index contributed by atoms with van der Waals surface area (Å²) in [6.07, 6.45) is 2.65. The van der Waals surface area contributed by atoms with Crippen LogP contribution >= 0.6 is 0 Å². The molecule has 0 radical (unpaired) electrons. The third-order valence-corrected chi connectivity index (χ3v) is 3.61. The van der Waals surface area contributed by atoms with E-state index >= 15 is 0 Å². The Kier molecular flexibility index (Phi) is 6.52. The van der Waals surface area contributed by atoms with Gasteiger partial charge in [0.05, 0.1) is 6.61 Å². The topological polar surface area (TPSA) is 55.6 Å². The van der Waals surface area contributed by atoms with E-state index in [0.29, 0.717) is 24.8 Å². The van der Waals surface area contributed by atoms with E-state index < -0.39 is 0 Å². The quantitative estimate of drug-likeness (QED) is 0.731. The summed E-state index contributed by atoms with van der Waals surface area (Å²) in [5.74, 6) is 1.10. The Labute approximate surface area is 104 Å². The molecule has 4 nitrogen and oxygen atoms in total. The summed E-state index contributed by atoms with van der Waals surface area (Å²) in [7, 11) is 0. The molecule has 1 aliphatic rings. The largest absolute Gasteiger partial charge is 0.381 e. The number of hydrogen-bond donors (Lipinski definition) is 1. The monoisotopic (exact) mass is 242 g/mol. The molecule has 0 aliphatic carbocycles. The van der Waals surface area contributed by atoms with Gasteiger partial charge in [-0.1, -0.05) is 13.3 Å². The number of carbonyl (C=O) groups excluding carboxylic acids is 1. The van der Waals surface area contributed by atoms with Gasteiger partial charge in [-0.15, -0.1) is 0 Å². The van der Waals surface area contributed by atoms with Crippen LogP contribution in [0.5, 0.6) is 0 Å². The van der Waals surface area contributed by atoms with Crippen LogP contribution in [0.25, 0.3) is 0 Å². The van der Waals surface area contributed by atoms with Crippen LogP contribution in [0.3, 0.4) is 0 Å². The lowest BCUT2D eigenvalue weighted by atomic mass is 10.0. The fourth-order valence-electron chi connectivity index (χ4n) is 2.22. The first-order valence-corrected chi connectivity index (χ1v) is 6.76. The fraction of sp³-hybridized carbons (Fsp3) is 0.923. The highest BCUT2D eigenvalue weighted by Crippen LogP contribution is 2.16. The van der Waals surface area contributed by atoms with Crippen molar-refractivity contribution in [2.24, 2.45) is 17.6 Å². The van der Waals surface area contributed by atoms with Crippen molar-refractivity contribution in [3.8, 4) is 0 Å². The molecule has 0 aromatic heterocycles. The van der Waals surface area contributed by atoms with Crippen LogP contribution in [-0.4, -0.2) is 43.7 Å². The molecule has 17 heavy (non-hydrogen) atoms. The summed E-state index contributed by atoms with van der Waals surface area (Å²) < 4.78 is 5.35. The van der Waals surface area contributed by atoms with Gasteiger partial charge in [-0.25, -0.2) is 0 Å². The van der Waals surface area contributed by atoms with E-state index in [-0.39, 0.29) is 5.91 Å². The van der Waals surface area contributed by atoms with Crippen molar-refractivity contribution < 1.29 is 9.53 Å². The van der Waals surface area contributed by atoms with E-state index in [9.17, 15) is 4.79 Å². The first-order chi connectivity index (χ1) is 8.21. The molecule has 2 unspecified atom stereocenters. The highest BCUT2D eigenvalue weighted by Gasteiger charge is 2.22. The Bertz CT molecular complexity index is 223. The zero-order chi connectivity index (χ0) is 12.7. The maximum Gasteiger partial charge on any atom is 0.222 e. The minimum absolute atomic E-state index is 0.247. The Morgan fingerprint density at radius 2 is 2.29 bits per heavy atom. The molecule has 2 N–H and O–H groups in total. The molecule has 100 valence electrons. The molecule has 1 amide bonds. The van der Waals surface area contributed by atoms with Crippen molar-refractivity contribution in [3.63, 3.8) is 0 Å². The molecule has 1 aliphatic heterocycles. The molecule has 0 saturated carbocycles. The standard InChI is InChI=1S/C13H26N2O2/c1-3-11(8-14)7-13(16)15(4-2)9-12-5-6-17-10-12/h11-12H,3-10,14H2,1-2H3. The van der Waals surface area contributed by atoms with Crippen LogP contribution in [0.4, 0.5) is 0 Å². The third-order valence-electron chi connectivity index (χ3n) is 3.61. The average molecular weight is 242 g/mol. The van der Waals surface area contributed by atoms with E-state index in [4.69, 9.17) is 10.5 Å². The highest BCUT2D eigenvalue weighted by molar-refractivity contribution is 5.76. The maximum atomic E-state index is 12.1. The van der Waals surface area contributed by atoms with Gasteiger partial charge in [-0.3, -0.25) is 4.79 Å². The van der Waals surface area contributed by atoms with Crippen molar-refractivity contribution in [1.29, 1.82) is 0 Å². The number of ether oxygens (including phenoxy) is 1. The molecular weight excluding hydrogens is 216 g/mol. The summed E-state index contributed by atoms with van der Waals surface area (Å²) in [4.78, 5) is 14.1. The second kappa shape index (κ2) is 7.67. The zero-order valence-electron chi connectivity index (χ0n) is 11.2. The van der Waals surface area contributed by atoms with Gasteiger partial charge in [0.25, 0.3) is 0 Å². The number of amides is 1. The van der Waals surface area contributed by atoms with Gasteiger partial charge in [0.1, 0.15) is 0 Å². The number of hydrogen-bond acceptors (Lipinski definition) is 3. The van der Waals surface area contributed by atoms with Crippen molar-refractivity contribution in [3.05, 3.63) is 0 Å². The summed E-state index contributed by atoms with van der Waals surface area (Å²) >= 11 is 0. The van der Waals surface area contributed by atoms with E-state index in [1.165, 1.54) is 0 Å². The summed E-state index contributed by atoms with van der Waals surface area (Å²) in [6.45, 7) is 8.01. The molecule has 4 heteroatoms. The molecule has 1 rings (SSSR count). The minimum atomic E-state index is 0.247. The molecule has 1 heterocycles. The molecule has 0 spiro atoms. The predicted molar refractivity (Wildman–Crippen MR) is 68.6 cm³/mol. The van der Waals surface area contributed by atoms with Crippen LogP contribution < -0.4 is 5.73 Å². The summed E-state index contributed by atoms with van der Waals surface area (Å²) in [5, 5.41) is 0. The Morgan fingerprint density at radius 1 is 1.53 bits per heavy atom. The van der Waals surface area contributed by atoms with Gasteiger partial charge in [0.2, 0.25) is 5.91 Å². The van der Waals surface area contributed by atoms with Crippen LogP contribution in [-0.2, 0) is 9.53 Å². The first-order valence-electron chi connectivity index (χ1n) is 6.76. The van der Waals surface area contributed by atoms with Crippen molar-refractivity contribution in [2.75, 3.05) is 32.8 Å². The van der Waals surface area contributed by atoms with Crippen molar-refractivity contribution >= 4 is 5.91 Å². The SMILES string of the molecule is CCC(CN)CC(=O)N(CC)CC1CCOC1. The molecule has 0 aromatic carbocycles. The number of nitrogens with two attached hydrogens (primary N) is 1. The maximum absolute atomic E-state index is 12.1. The number of nitrogens with zero attached hydrogens (tertiary/aromatic N) is 1. The van der Waals surface area contributed by atoms with E-state index in [2.05, 4.69) is 6.92 Å². The van der Waals surface area contributed by atoms with E-state index in [1.54, 1.807) is 0 Å². The van der Waals surface area contributed by atoms with Gasteiger partial charge >= 0.3 is 0 Å². The first kappa shape index (κ1) is 14.5. The lowest BCUT2D eigenvalue weighted by Crippen LogP contribution is -2.37. The smallest absolute Gasteiger partial charge is 0.222 e. The highest BCUT2D eigenvalue weighted by atomic mass is 16.5. The van der Waals surface area contributed by atoms with Crippen molar-refractivity contribution in [2.45, 2.75) is 33.1 Å². The number of carbonyl (C=O) groups is 1. The van der Waals surface area contributed by atoms with Crippen molar-refractivity contribution in [1.82, 2.24) is 4.90 Å². The fourth-order valence-corrected chi connectivity index (χ4v) is 2.22. The normalized spacial score (nSPS) is 21.5. The Morgan fingerprint density at radius 3 is 2.76 bits per heavy atom. The van der Waals surface area contributed by atoms with E-state index in [1.807, 2.05) is 11.8 Å². The molecule has 1 saturated heterocycles. The van der Waals surface area contributed by atoms with Crippen LogP contribution in [0, 0.1) is 11.8 Å². The van der Waals surface area contributed by atoms with Crippen LogP contribution in [0.1, 0.15) is 33.1 Å². The molecule has 0 aromatic rings. The molecule has 0 bridgehead atoms. The summed E-state index contributed by atoms with van der Waals surface area (Å²) in [6, 6.07) is 0. The lowest BCUT2D eigenvalue weighted by molar-refractivity contribution is -0.132. The van der Waals surface area contributed by atoms with Gasteiger partial charge in [-0.05, 0) is 25.8 Å². The van der Waals surface area contributed by atoms with Gasteiger partial charge in [0.15, 0.2) is 0 Å². The molecular formula is C13H26N2O2. The Hall–Kier alpha value is -0.610. The third kappa shape index (κ3) is 4.64.